The van der Waals surface area contributed by atoms with Crippen LogP contribution in [-0.4, -0.2) is 24.2 Å². The van der Waals surface area contributed by atoms with Crippen molar-refractivity contribution in [2.45, 2.75) is 31.8 Å². The number of hydrogen-bond acceptors (Lipinski definition) is 2. The zero-order valence-corrected chi connectivity index (χ0v) is 9.08. The second-order valence-electron chi connectivity index (χ2n) is 4.62. The van der Waals surface area contributed by atoms with Gasteiger partial charge in [-0.05, 0) is 24.5 Å². The van der Waals surface area contributed by atoms with Gasteiger partial charge < -0.3 is 5.32 Å². The zero-order chi connectivity index (χ0) is 10.1. The summed E-state index contributed by atoms with van der Waals surface area (Å²) in [6, 6.07) is 8.69. The Balaban J connectivity index is 1.72. The molecule has 0 spiro atoms. The van der Waals surface area contributed by atoms with E-state index in [2.05, 4.69) is 34.5 Å². The number of para-hydroxylation sites is 1. The van der Waals surface area contributed by atoms with E-state index in [9.17, 15) is 0 Å². The van der Waals surface area contributed by atoms with Gasteiger partial charge >= 0.3 is 0 Å². The third-order valence-electron chi connectivity index (χ3n) is 3.58. The number of fused-ring (bicyclic) bond motifs is 1. The molecule has 2 heteroatoms. The molecule has 1 aromatic carbocycles. The second-order valence-corrected chi connectivity index (χ2v) is 4.62. The lowest BCUT2D eigenvalue weighted by Crippen LogP contribution is -2.42. The highest BCUT2D eigenvalue weighted by Gasteiger charge is 2.26. The maximum Gasteiger partial charge on any atom is 0.0835 e. The zero-order valence-electron chi connectivity index (χ0n) is 9.08. The van der Waals surface area contributed by atoms with Crippen LogP contribution < -0.4 is 5.32 Å². The van der Waals surface area contributed by atoms with E-state index in [-0.39, 0.29) is 0 Å². The van der Waals surface area contributed by atoms with E-state index in [1.54, 1.807) is 0 Å². The molecule has 0 aromatic heterocycles. The molecule has 2 nitrogen and oxygen atoms in total. The molecule has 0 amide bonds. The second kappa shape index (κ2) is 3.86. The molecule has 0 saturated carbocycles. The third-order valence-corrected chi connectivity index (χ3v) is 3.58. The smallest absolute Gasteiger partial charge is 0.0835 e. The van der Waals surface area contributed by atoms with Gasteiger partial charge in [0.1, 0.15) is 0 Å². The average molecular weight is 202 g/mol. The molecule has 3 rings (SSSR count). The van der Waals surface area contributed by atoms with E-state index >= 15 is 0 Å². The normalized spacial score (nSPS) is 26.0. The highest BCUT2D eigenvalue weighted by molar-refractivity contribution is 5.56. The van der Waals surface area contributed by atoms with Gasteiger partial charge in [0, 0.05) is 25.2 Å². The van der Waals surface area contributed by atoms with Gasteiger partial charge in [0.25, 0.3) is 0 Å². The molecule has 1 saturated heterocycles. The van der Waals surface area contributed by atoms with Crippen molar-refractivity contribution in [1.29, 1.82) is 0 Å². The molecule has 1 aromatic rings. The lowest BCUT2D eigenvalue weighted by molar-refractivity contribution is 0.183. The molecular formula is C13H18N2. The Morgan fingerprint density at radius 3 is 2.67 bits per heavy atom. The van der Waals surface area contributed by atoms with E-state index in [0.29, 0.717) is 6.17 Å². The fourth-order valence-electron chi connectivity index (χ4n) is 2.73. The van der Waals surface area contributed by atoms with Crippen LogP contribution in [0.2, 0.25) is 0 Å². The number of anilines is 1. The van der Waals surface area contributed by atoms with Crippen molar-refractivity contribution in [2.24, 2.45) is 0 Å². The Kier molecular flexibility index (Phi) is 2.37. The molecule has 0 aliphatic carbocycles. The summed E-state index contributed by atoms with van der Waals surface area (Å²) in [4.78, 5) is 2.60. The number of nitrogens with one attached hydrogen (secondary N) is 1. The Hall–Kier alpha value is -1.02. The van der Waals surface area contributed by atoms with E-state index in [1.165, 1.54) is 50.0 Å². The molecule has 15 heavy (non-hydrogen) atoms. The first-order valence-corrected chi connectivity index (χ1v) is 6.02. The van der Waals surface area contributed by atoms with Crippen molar-refractivity contribution in [3.8, 4) is 0 Å². The lowest BCUT2D eigenvalue weighted by atomic mass is 10.1. The molecule has 0 bridgehead atoms. The van der Waals surface area contributed by atoms with E-state index in [1.807, 2.05) is 0 Å². The van der Waals surface area contributed by atoms with Crippen molar-refractivity contribution >= 4 is 5.69 Å². The van der Waals surface area contributed by atoms with E-state index in [4.69, 9.17) is 0 Å². The molecule has 1 N–H and O–H groups in total. The van der Waals surface area contributed by atoms with Crippen LogP contribution in [0, 0.1) is 0 Å². The number of hydrogen-bond donors (Lipinski definition) is 1. The molecule has 1 atom stereocenters. The maximum atomic E-state index is 3.63. The van der Waals surface area contributed by atoms with Gasteiger partial charge in [-0.15, -0.1) is 0 Å². The van der Waals surface area contributed by atoms with Gasteiger partial charge in [-0.3, -0.25) is 4.90 Å². The summed E-state index contributed by atoms with van der Waals surface area (Å²) < 4.78 is 0. The summed E-state index contributed by atoms with van der Waals surface area (Å²) in [5.41, 5.74) is 2.82. The summed E-state index contributed by atoms with van der Waals surface area (Å²) in [7, 11) is 0. The first kappa shape index (κ1) is 9.22. The van der Waals surface area contributed by atoms with Gasteiger partial charge in [-0.1, -0.05) is 24.6 Å². The van der Waals surface area contributed by atoms with Crippen LogP contribution >= 0.6 is 0 Å². The standard InChI is InChI=1S/C13H18N2/c1-4-8-15(9-5-1)13-10-11-6-2-3-7-12(11)14-13/h2-3,6-7,13-14H,1,4-5,8-10H2. The molecule has 2 heterocycles. The quantitative estimate of drug-likeness (QED) is 0.752. The molecule has 0 radical (unpaired) electrons. The number of piperidine rings is 1. The number of benzene rings is 1. The predicted molar refractivity (Wildman–Crippen MR) is 63.0 cm³/mol. The van der Waals surface area contributed by atoms with Crippen molar-refractivity contribution < 1.29 is 0 Å². The van der Waals surface area contributed by atoms with Crippen LogP contribution in [-0.2, 0) is 6.42 Å². The molecule has 2 aliphatic rings. The fraction of sp³-hybridized carbons (Fsp3) is 0.538. The van der Waals surface area contributed by atoms with E-state index < -0.39 is 0 Å². The van der Waals surface area contributed by atoms with Gasteiger partial charge in [-0.2, -0.15) is 0 Å². The van der Waals surface area contributed by atoms with Crippen molar-refractivity contribution in [3.05, 3.63) is 29.8 Å². The van der Waals surface area contributed by atoms with Crippen LogP contribution in [0.25, 0.3) is 0 Å². The Morgan fingerprint density at radius 2 is 1.87 bits per heavy atom. The predicted octanol–water partition coefficient (Wildman–Crippen LogP) is 2.47. The summed E-state index contributed by atoms with van der Waals surface area (Å²) in [5.74, 6) is 0. The molecule has 1 fully saturated rings. The van der Waals surface area contributed by atoms with Gasteiger partial charge in [0.05, 0.1) is 6.17 Å². The summed E-state index contributed by atoms with van der Waals surface area (Å²) in [6.07, 6.45) is 5.89. The van der Waals surface area contributed by atoms with Gasteiger partial charge in [-0.25, -0.2) is 0 Å². The first-order chi connectivity index (χ1) is 7.43. The summed E-state index contributed by atoms with van der Waals surface area (Å²) >= 11 is 0. The van der Waals surface area contributed by atoms with Crippen molar-refractivity contribution in [3.63, 3.8) is 0 Å². The van der Waals surface area contributed by atoms with Crippen LogP contribution in [0.3, 0.4) is 0 Å². The summed E-state index contributed by atoms with van der Waals surface area (Å²) in [5, 5.41) is 3.63. The molecule has 2 aliphatic heterocycles. The topological polar surface area (TPSA) is 15.3 Å². The van der Waals surface area contributed by atoms with Gasteiger partial charge in [0.2, 0.25) is 0 Å². The van der Waals surface area contributed by atoms with Crippen molar-refractivity contribution in [2.75, 3.05) is 18.4 Å². The van der Waals surface area contributed by atoms with E-state index in [0.717, 1.165) is 0 Å². The Bertz CT molecular complexity index is 317. The average Bonchev–Trinajstić information content (AvgIpc) is 2.74. The van der Waals surface area contributed by atoms with Crippen LogP contribution in [0.5, 0.6) is 0 Å². The SMILES string of the molecule is c1ccc2c(c1)CC(N1CCCCC1)N2. The number of likely N-dealkylation sites (tertiary alicyclic amines) is 1. The molecular weight excluding hydrogens is 184 g/mol. The minimum Gasteiger partial charge on any atom is -0.369 e. The Morgan fingerprint density at radius 1 is 1.07 bits per heavy atom. The maximum absolute atomic E-state index is 3.63. The summed E-state index contributed by atoms with van der Waals surface area (Å²) in [6.45, 7) is 2.54. The highest BCUT2D eigenvalue weighted by Crippen LogP contribution is 2.28. The van der Waals surface area contributed by atoms with Gasteiger partial charge in [0.15, 0.2) is 0 Å². The first-order valence-electron chi connectivity index (χ1n) is 6.02. The monoisotopic (exact) mass is 202 g/mol. The largest absolute Gasteiger partial charge is 0.369 e. The van der Waals surface area contributed by atoms with Crippen LogP contribution in [0.4, 0.5) is 5.69 Å². The minimum atomic E-state index is 0.558. The fourth-order valence-corrected chi connectivity index (χ4v) is 2.73. The van der Waals surface area contributed by atoms with Crippen LogP contribution in [0.1, 0.15) is 24.8 Å². The number of nitrogens with zero attached hydrogens (tertiary/aromatic N) is 1. The van der Waals surface area contributed by atoms with Crippen molar-refractivity contribution in [1.82, 2.24) is 4.90 Å². The number of rotatable bonds is 1. The lowest BCUT2D eigenvalue weighted by Gasteiger charge is -2.32. The third kappa shape index (κ3) is 1.74. The molecule has 80 valence electrons. The minimum absolute atomic E-state index is 0.558. The Labute approximate surface area is 91.3 Å². The highest BCUT2D eigenvalue weighted by atomic mass is 15.3. The van der Waals surface area contributed by atoms with Crippen LogP contribution in [0.15, 0.2) is 24.3 Å². The molecule has 1 unspecified atom stereocenters.